The predicted molar refractivity (Wildman–Crippen MR) is 41.5 cm³/mol. The van der Waals surface area contributed by atoms with E-state index in [2.05, 4.69) is 9.83 Å². The van der Waals surface area contributed by atoms with Gasteiger partial charge in [0.25, 0.3) is 5.82 Å². The zero-order chi connectivity index (χ0) is 8.27. The quantitative estimate of drug-likeness (QED) is 0.611. The van der Waals surface area contributed by atoms with Gasteiger partial charge in [-0.1, -0.05) is 11.6 Å². The number of pyridine rings is 1. The lowest BCUT2D eigenvalue weighted by Crippen LogP contribution is -1.93. The molecule has 1 aromatic heterocycles. The van der Waals surface area contributed by atoms with Crippen LogP contribution in [0.15, 0.2) is 12.1 Å². The molecule has 0 aliphatic rings. The van der Waals surface area contributed by atoms with Gasteiger partial charge in [0.15, 0.2) is 0 Å². The van der Waals surface area contributed by atoms with E-state index in [1.807, 2.05) is 0 Å². The molecule has 0 unspecified atom stereocenters. The Morgan fingerprint density at radius 3 is 2.91 bits per heavy atom. The van der Waals surface area contributed by atoms with Gasteiger partial charge < -0.3 is 15.3 Å². The summed E-state index contributed by atoms with van der Waals surface area (Å²) in [6.07, 6.45) is 0. The number of methoxy groups -OCH3 is 1. The van der Waals surface area contributed by atoms with Gasteiger partial charge in [-0.05, 0) is 12.1 Å². The van der Waals surface area contributed by atoms with Crippen LogP contribution in [0.3, 0.4) is 0 Å². The summed E-state index contributed by atoms with van der Waals surface area (Å²) in [4.78, 5) is 6.93. The third-order valence-electron chi connectivity index (χ3n) is 1.18. The molecule has 0 saturated carbocycles. The van der Waals surface area contributed by atoms with Crippen molar-refractivity contribution < 1.29 is 4.74 Å². The van der Waals surface area contributed by atoms with Gasteiger partial charge in [0, 0.05) is 0 Å². The first-order valence-electron chi connectivity index (χ1n) is 2.96. The van der Waals surface area contributed by atoms with Gasteiger partial charge in [0.1, 0.15) is 5.69 Å². The van der Waals surface area contributed by atoms with E-state index >= 15 is 0 Å². The minimum atomic E-state index is 0.288. The summed E-state index contributed by atoms with van der Waals surface area (Å²) in [6, 6.07) is 3.14. The summed E-state index contributed by atoms with van der Waals surface area (Å²) in [7, 11) is 1.46. The fourth-order valence-corrected chi connectivity index (χ4v) is 0.667. The van der Waals surface area contributed by atoms with Crippen LogP contribution in [-0.2, 0) is 0 Å². The lowest BCUT2D eigenvalue weighted by Gasteiger charge is -1.97. The smallest absolute Gasteiger partial charge is 0.332 e. The van der Waals surface area contributed by atoms with E-state index in [9.17, 15) is 0 Å². The molecule has 11 heavy (non-hydrogen) atoms. The average Bonchev–Trinajstić information content (AvgIpc) is 2.05. The SMILES string of the molecule is [C-]#[N+]c1ccc(N)c(OC)n1. The van der Waals surface area contributed by atoms with Crippen molar-refractivity contribution in [2.45, 2.75) is 0 Å². The maximum Gasteiger partial charge on any atom is 0.332 e. The summed E-state index contributed by atoms with van der Waals surface area (Å²) in [5, 5.41) is 0. The van der Waals surface area contributed by atoms with Gasteiger partial charge in [0.05, 0.1) is 7.11 Å². The Hall–Kier alpha value is -1.76. The van der Waals surface area contributed by atoms with Crippen LogP contribution in [0, 0.1) is 6.57 Å². The molecule has 0 saturated heterocycles. The summed E-state index contributed by atoms with van der Waals surface area (Å²) in [6.45, 7) is 6.65. The van der Waals surface area contributed by atoms with Crippen molar-refractivity contribution in [3.8, 4) is 5.88 Å². The summed E-state index contributed by atoms with van der Waals surface area (Å²) >= 11 is 0. The first-order valence-corrected chi connectivity index (χ1v) is 2.96. The second kappa shape index (κ2) is 2.88. The lowest BCUT2D eigenvalue weighted by molar-refractivity contribution is 0.401. The van der Waals surface area contributed by atoms with Gasteiger partial charge in [-0.25, -0.2) is 0 Å². The summed E-state index contributed by atoms with van der Waals surface area (Å²) in [5.41, 5.74) is 5.91. The van der Waals surface area contributed by atoms with E-state index in [0.29, 0.717) is 11.6 Å². The molecule has 1 heterocycles. The van der Waals surface area contributed by atoms with Crippen LogP contribution in [0.25, 0.3) is 4.85 Å². The molecule has 0 spiro atoms. The van der Waals surface area contributed by atoms with E-state index in [-0.39, 0.29) is 5.82 Å². The minimum Gasteiger partial charge on any atom is -0.462 e. The maximum absolute atomic E-state index is 6.65. The number of hydrogen-bond acceptors (Lipinski definition) is 3. The van der Waals surface area contributed by atoms with Crippen molar-refractivity contribution in [3.63, 3.8) is 0 Å². The van der Waals surface area contributed by atoms with Crippen LogP contribution < -0.4 is 10.5 Å². The number of hydrogen-bond donors (Lipinski definition) is 1. The fourth-order valence-electron chi connectivity index (χ4n) is 0.667. The van der Waals surface area contributed by atoms with Crippen molar-refractivity contribution in [3.05, 3.63) is 23.5 Å². The largest absolute Gasteiger partial charge is 0.462 e. The third kappa shape index (κ3) is 1.38. The lowest BCUT2D eigenvalue weighted by atomic mass is 10.4. The van der Waals surface area contributed by atoms with E-state index in [1.165, 1.54) is 7.11 Å². The predicted octanol–water partition coefficient (Wildman–Crippen LogP) is 1.22. The van der Waals surface area contributed by atoms with E-state index in [4.69, 9.17) is 17.0 Å². The molecule has 0 fully saturated rings. The molecular formula is C7H7N3O. The van der Waals surface area contributed by atoms with E-state index in [1.54, 1.807) is 12.1 Å². The standard InChI is InChI=1S/C7H7N3O/c1-9-6-4-3-5(8)7(10-6)11-2/h3-4H,8H2,2H3. The van der Waals surface area contributed by atoms with Gasteiger partial charge in [-0.2, -0.15) is 0 Å². The molecule has 0 atom stereocenters. The highest BCUT2D eigenvalue weighted by atomic mass is 16.5. The van der Waals surface area contributed by atoms with E-state index < -0.39 is 0 Å². The molecule has 0 aliphatic heterocycles. The van der Waals surface area contributed by atoms with Gasteiger partial charge in [-0.15, -0.1) is 0 Å². The molecule has 0 aromatic carbocycles. The molecule has 1 rings (SSSR count). The molecule has 56 valence electrons. The average molecular weight is 149 g/mol. The Labute approximate surface area is 64.4 Å². The second-order valence-electron chi connectivity index (χ2n) is 1.88. The fraction of sp³-hybridized carbons (Fsp3) is 0.143. The minimum absolute atomic E-state index is 0.288. The molecule has 0 bridgehead atoms. The van der Waals surface area contributed by atoms with Crippen LogP contribution in [0.4, 0.5) is 11.5 Å². The first kappa shape index (κ1) is 7.35. The van der Waals surface area contributed by atoms with Gasteiger partial charge in [-0.3, -0.25) is 0 Å². The zero-order valence-corrected chi connectivity index (χ0v) is 6.03. The molecule has 1 aromatic rings. The van der Waals surface area contributed by atoms with Crippen LogP contribution in [0.5, 0.6) is 5.88 Å². The highest BCUT2D eigenvalue weighted by Gasteiger charge is 2.04. The van der Waals surface area contributed by atoms with Crippen molar-refractivity contribution in [2.24, 2.45) is 0 Å². The Bertz CT molecular complexity index is 303. The normalized spacial score (nSPS) is 8.73. The Morgan fingerprint density at radius 1 is 1.64 bits per heavy atom. The van der Waals surface area contributed by atoms with Gasteiger partial charge >= 0.3 is 5.88 Å². The highest BCUT2D eigenvalue weighted by Crippen LogP contribution is 2.21. The molecule has 0 radical (unpaired) electrons. The number of anilines is 1. The zero-order valence-electron chi connectivity index (χ0n) is 6.03. The summed E-state index contributed by atoms with van der Waals surface area (Å²) in [5.74, 6) is 0.592. The van der Waals surface area contributed by atoms with Crippen LogP contribution >= 0.6 is 0 Å². The molecule has 2 N–H and O–H groups in total. The van der Waals surface area contributed by atoms with Crippen molar-refractivity contribution in [1.29, 1.82) is 0 Å². The number of nitrogens with zero attached hydrogens (tertiary/aromatic N) is 2. The monoisotopic (exact) mass is 149 g/mol. The third-order valence-corrected chi connectivity index (χ3v) is 1.18. The Morgan fingerprint density at radius 2 is 2.36 bits per heavy atom. The van der Waals surface area contributed by atoms with Crippen LogP contribution in [0.1, 0.15) is 0 Å². The van der Waals surface area contributed by atoms with Crippen molar-refractivity contribution >= 4 is 11.5 Å². The van der Waals surface area contributed by atoms with E-state index in [0.717, 1.165) is 0 Å². The topological polar surface area (TPSA) is 52.5 Å². The Balaban J connectivity index is 3.15. The number of nitrogens with two attached hydrogens (primary N) is 1. The van der Waals surface area contributed by atoms with Gasteiger partial charge in [0.2, 0.25) is 0 Å². The molecule has 4 nitrogen and oxygen atoms in total. The molecule has 4 heteroatoms. The van der Waals surface area contributed by atoms with Crippen molar-refractivity contribution in [1.82, 2.24) is 4.98 Å². The maximum atomic E-state index is 6.65. The summed E-state index contributed by atoms with van der Waals surface area (Å²) < 4.78 is 4.81. The molecule has 0 aliphatic carbocycles. The molecular weight excluding hydrogens is 142 g/mol. The number of ether oxygens (including phenoxy) is 1. The second-order valence-corrected chi connectivity index (χ2v) is 1.88. The molecule has 0 amide bonds. The van der Waals surface area contributed by atoms with Crippen LogP contribution in [-0.4, -0.2) is 12.1 Å². The van der Waals surface area contributed by atoms with Crippen LogP contribution in [0.2, 0.25) is 0 Å². The first-order chi connectivity index (χ1) is 5.27. The highest BCUT2D eigenvalue weighted by molar-refractivity contribution is 5.53. The number of aromatic nitrogens is 1. The Kier molecular flexibility index (Phi) is 1.93. The van der Waals surface area contributed by atoms with Crippen molar-refractivity contribution in [2.75, 3.05) is 12.8 Å². The number of nitrogen functional groups attached to an aromatic ring is 1. The number of rotatable bonds is 1.